The molecule has 0 saturated heterocycles. The number of ether oxygens (including phenoxy) is 2. The van der Waals surface area contributed by atoms with Gasteiger partial charge in [0.1, 0.15) is 11.5 Å². The van der Waals surface area contributed by atoms with E-state index in [4.69, 9.17) is 9.47 Å². The zero-order valence-corrected chi connectivity index (χ0v) is 28.8. The number of nitrogens with one attached hydrogen (secondary N) is 1. The molecule has 1 heterocycles. The maximum atomic E-state index is 14.2. The van der Waals surface area contributed by atoms with Crippen LogP contribution < -0.4 is 9.47 Å². The highest BCUT2D eigenvalue weighted by Gasteiger charge is 2.30. The van der Waals surface area contributed by atoms with Gasteiger partial charge in [-0.25, -0.2) is 0 Å². The first-order valence-corrected chi connectivity index (χ1v) is 17.1. The molecule has 1 aromatic heterocycles. The van der Waals surface area contributed by atoms with Gasteiger partial charge in [-0.15, -0.1) is 0 Å². The summed E-state index contributed by atoms with van der Waals surface area (Å²) < 4.78 is 11.1. The first-order chi connectivity index (χ1) is 24.7. The smallest absolute Gasteiger partial charge is 0.164 e. The second kappa shape index (κ2) is 15.9. The molecule has 8 heteroatoms. The highest BCUT2D eigenvalue weighted by Crippen LogP contribution is 2.38. The van der Waals surface area contributed by atoms with E-state index in [2.05, 4.69) is 29.2 Å². The van der Waals surface area contributed by atoms with Gasteiger partial charge < -0.3 is 34.9 Å². The van der Waals surface area contributed by atoms with Gasteiger partial charge in [0.2, 0.25) is 0 Å². The van der Waals surface area contributed by atoms with Crippen LogP contribution in [0.15, 0.2) is 116 Å². The summed E-state index contributed by atoms with van der Waals surface area (Å²) in [5.41, 5.74) is 5.20. The van der Waals surface area contributed by atoms with Crippen LogP contribution in [-0.2, 0) is 30.5 Å². The summed E-state index contributed by atoms with van der Waals surface area (Å²) in [7, 11) is 3.01. The zero-order valence-electron chi connectivity index (χ0n) is 28.8. The van der Waals surface area contributed by atoms with Gasteiger partial charge in [0.25, 0.3) is 0 Å². The summed E-state index contributed by atoms with van der Waals surface area (Å²) in [6.45, 7) is 0. The lowest BCUT2D eigenvalue weighted by Crippen LogP contribution is -2.30. The van der Waals surface area contributed by atoms with Gasteiger partial charge >= 0.3 is 0 Å². The van der Waals surface area contributed by atoms with Gasteiger partial charge in [-0.05, 0) is 100 Å². The number of phenolic OH excluding ortho intramolecular Hbond substituents is 3. The van der Waals surface area contributed by atoms with Crippen molar-refractivity contribution in [1.29, 1.82) is 0 Å². The predicted octanol–water partition coefficient (Wildman–Crippen LogP) is 7.64. The number of H-pyrrole nitrogens is 1. The Bertz CT molecular complexity index is 2100. The number of ketones is 1. The van der Waals surface area contributed by atoms with Crippen molar-refractivity contribution in [2.75, 3.05) is 14.2 Å². The molecule has 262 valence electrons. The highest BCUT2D eigenvalue weighted by atomic mass is 16.5. The number of Topliss-reactive ketones (excluding diaryl/α,β-unsaturated/α-hetero) is 1. The van der Waals surface area contributed by atoms with Crippen LogP contribution in [0.1, 0.15) is 45.7 Å². The lowest BCUT2D eigenvalue weighted by Gasteiger charge is -2.26. The van der Waals surface area contributed by atoms with Crippen molar-refractivity contribution in [2.24, 2.45) is 5.92 Å². The first-order valence-electron chi connectivity index (χ1n) is 17.1. The van der Waals surface area contributed by atoms with Crippen molar-refractivity contribution < 1.29 is 34.7 Å². The molecule has 0 saturated carbocycles. The average Bonchev–Trinajstić information content (AvgIpc) is 3.65. The van der Waals surface area contributed by atoms with Gasteiger partial charge in [-0.2, -0.15) is 0 Å². The number of aromatic nitrogens is 1. The number of carbonyl (C=O) groups excluding carboxylic acids is 1. The number of aromatic hydroxyl groups is 3. The Morgan fingerprint density at radius 2 is 1.53 bits per heavy atom. The van der Waals surface area contributed by atoms with Crippen LogP contribution in [0.5, 0.6) is 28.7 Å². The minimum atomic E-state index is -1.02. The Kier molecular flexibility index (Phi) is 10.9. The number of benzene rings is 5. The average molecular weight is 686 g/mol. The van der Waals surface area contributed by atoms with E-state index in [1.54, 1.807) is 49.6 Å². The van der Waals surface area contributed by atoms with E-state index in [9.17, 15) is 25.2 Å². The van der Waals surface area contributed by atoms with E-state index in [0.29, 0.717) is 36.3 Å². The molecule has 0 bridgehead atoms. The van der Waals surface area contributed by atoms with Crippen molar-refractivity contribution in [3.63, 3.8) is 0 Å². The normalized spacial score (nSPS) is 13.1. The van der Waals surface area contributed by atoms with E-state index >= 15 is 0 Å². The van der Waals surface area contributed by atoms with Crippen LogP contribution in [0.4, 0.5) is 0 Å². The summed E-state index contributed by atoms with van der Waals surface area (Å²) in [5.74, 6) is -0.472. The van der Waals surface area contributed by atoms with Gasteiger partial charge in [-0.3, -0.25) is 4.79 Å². The topological polar surface area (TPSA) is 132 Å². The number of phenols is 3. The molecule has 0 aliphatic carbocycles. The van der Waals surface area contributed by atoms with E-state index < -0.39 is 12.0 Å². The highest BCUT2D eigenvalue weighted by molar-refractivity contribution is 5.87. The van der Waals surface area contributed by atoms with E-state index in [0.717, 1.165) is 38.6 Å². The molecule has 3 atom stereocenters. The van der Waals surface area contributed by atoms with Crippen molar-refractivity contribution in [3.05, 3.63) is 149 Å². The van der Waals surface area contributed by atoms with E-state index in [1.807, 2.05) is 42.7 Å². The number of aliphatic hydroxyl groups excluding tert-OH is 1. The number of hydrogen-bond donors (Lipinski definition) is 5. The summed E-state index contributed by atoms with van der Waals surface area (Å²) in [6, 6.07) is 31.4. The zero-order chi connectivity index (χ0) is 35.9. The van der Waals surface area contributed by atoms with Crippen molar-refractivity contribution in [2.45, 2.75) is 44.1 Å². The van der Waals surface area contributed by atoms with Gasteiger partial charge in [-0.1, -0.05) is 66.7 Å². The van der Waals surface area contributed by atoms with Crippen LogP contribution >= 0.6 is 0 Å². The number of fused-ring (bicyclic) bond motifs is 1. The second-order valence-electron chi connectivity index (χ2n) is 13.1. The summed E-state index contributed by atoms with van der Waals surface area (Å²) >= 11 is 0. The maximum Gasteiger partial charge on any atom is 0.164 e. The molecule has 6 aromatic rings. The molecule has 0 aliphatic rings. The van der Waals surface area contributed by atoms with Crippen LogP contribution in [0.3, 0.4) is 0 Å². The molecule has 0 radical (unpaired) electrons. The molecular weight excluding hydrogens is 642 g/mol. The molecule has 51 heavy (non-hydrogen) atoms. The Morgan fingerprint density at radius 1 is 0.745 bits per heavy atom. The first kappa shape index (κ1) is 35.1. The monoisotopic (exact) mass is 685 g/mol. The minimum absolute atomic E-state index is 0.00446. The third-order valence-electron chi connectivity index (χ3n) is 9.73. The van der Waals surface area contributed by atoms with E-state index in [-0.39, 0.29) is 41.8 Å². The fourth-order valence-corrected chi connectivity index (χ4v) is 7.08. The van der Waals surface area contributed by atoms with Gasteiger partial charge in [0, 0.05) is 36.7 Å². The quantitative estimate of drug-likeness (QED) is 0.0751. The van der Waals surface area contributed by atoms with Gasteiger partial charge in [0.15, 0.2) is 23.0 Å². The molecule has 0 spiro atoms. The number of methoxy groups -OCH3 is 2. The Morgan fingerprint density at radius 3 is 2.29 bits per heavy atom. The van der Waals surface area contributed by atoms with Crippen molar-refractivity contribution in [3.8, 4) is 28.7 Å². The summed E-state index contributed by atoms with van der Waals surface area (Å²) in [4.78, 5) is 17.3. The number of hydrogen-bond acceptors (Lipinski definition) is 7. The Labute approximate surface area is 297 Å². The fourth-order valence-electron chi connectivity index (χ4n) is 7.08. The fraction of sp³-hybridized carbons (Fsp3) is 0.233. The van der Waals surface area contributed by atoms with Crippen LogP contribution in [0, 0.1) is 5.92 Å². The van der Waals surface area contributed by atoms with Crippen LogP contribution in [0.2, 0.25) is 0 Å². The SMILES string of the molecule is COc1cc(CC(C(=O)CC(O)C(Cc2cc[nH]c2)Cc2ccc(O)c(OC)c2Cc2cccc3ccccc23)c2cccc(O)c2)ccc1O. The molecule has 0 aliphatic heterocycles. The molecule has 3 unspecified atom stereocenters. The molecule has 0 amide bonds. The third-order valence-corrected chi connectivity index (χ3v) is 9.73. The lowest BCUT2D eigenvalue weighted by molar-refractivity contribution is -0.123. The summed E-state index contributed by atoms with van der Waals surface area (Å²) in [6.07, 6.45) is 4.27. The van der Waals surface area contributed by atoms with Gasteiger partial charge in [0.05, 0.1) is 20.3 Å². The Hall–Kier alpha value is -5.73. The second-order valence-corrected chi connectivity index (χ2v) is 13.1. The number of carbonyl (C=O) groups is 1. The largest absolute Gasteiger partial charge is 0.508 e. The predicted molar refractivity (Wildman–Crippen MR) is 198 cm³/mol. The molecule has 8 nitrogen and oxygen atoms in total. The number of rotatable bonds is 15. The van der Waals surface area contributed by atoms with Crippen molar-refractivity contribution in [1.82, 2.24) is 4.98 Å². The third kappa shape index (κ3) is 8.19. The Balaban J connectivity index is 1.32. The summed E-state index contributed by atoms with van der Waals surface area (Å²) in [5, 5.41) is 45.5. The standard InChI is InChI=1S/C43H43NO7/c1-50-42-21-27(13-15-38(42)46)20-36(30-10-6-11-34(45)23-30)41(49)25-40(48)33(19-28-17-18-44-26-28)22-32-14-16-39(47)43(51-2)37(32)24-31-9-5-8-29-7-3-4-12-35(29)31/h3-18,21,23,26,33,36,40,44-48H,19-20,22,24-25H2,1-2H3. The molecule has 0 fully saturated rings. The van der Waals surface area contributed by atoms with Crippen LogP contribution in [0.25, 0.3) is 10.8 Å². The molecule has 6 rings (SSSR count). The van der Waals surface area contributed by atoms with Crippen LogP contribution in [-0.4, -0.2) is 51.5 Å². The van der Waals surface area contributed by atoms with Crippen molar-refractivity contribution >= 4 is 16.6 Å². The number of aromatic amines is 1. The molecule has 5 N–H and O–H groups in total. The molecular formula is C43H43NO7. The lowest BCUT2D eigenvalue weighted by atomic mass is 9.80. The number of aliphatic hydroxyl groups is 1. The van der Waals surface area contributed by atoms with E-state index in [1.165, 1.54) is 13.2 Å². The minimum Gasteiger partial charge on any atom is -0.508 e. The maximum absolute atomic E-state index is 14.2. The molecule has 5 aromatic carbocycles.